The van der Waals surface area contributed by atoms with E-state index >= 15 is 0 Å². The molecular formula is C21H18Cl4O9. The highest BCUT2D eigenvalue weighted by Gasteiger charge is 2.95. The van der Waals surface area contributed by atoms with Gasteiger partial charge in [-0.3, -0.25) is 19.2 Å². The van der Waals surface area contributed by atoms with Crippen LogP contribution in [0.4, 0.5) is 0 Å². The predicted molar refractivity (Wildman–Crippen MR) is 116 cm³/mol. The second-order valence-electron chi connectivity index (χ2n) is 8.95. The number of cyclic esters (lactones) is 2. The van der Waals surface area contributed by atoms with Crippen LogP contribution in [0, 0.1) is 23.7 Å². The zero-order valence-electron chi connectivity index (χ0n) is 18.2. The highest BCUT2D eigenvalue weighted by atomic mass is 35.5. The fourth-order valence-electron chi connectivity index (χ4n) is 7.10. The number of ether oxygens (including phenoxy) is 5. The summed E-state index contributed by atoms with van der Waals surface area (Å²) < 4.78 is 28.1. The van der Waals surface area contributed by atoms with Crippen LogP contribution in [0.15, 0.2) is 22.2 Å². The molecule has 0 aromatic heterocycles. The molecule has 0 N–H and O–H groups in total. The number of fused-ring (bicyclic) bond motifs is 2. The van der Waals surface area contributed by atoms with Crippen LogP contribution < -0.4 is 0 Å². The summed E-state index contributed by atoms with van der Waals surface area (Å²) in [6.45, 7) is 2.26. The highest BCUT2D eigenvalue weighted by Crippen LogP contribution is 2.82. The van der Waals surface area contributed by atoms with E-state index in [9.17, 15) is 19.2 Å². The van der Waals surface area contributed by atoms with E-state index in [1.165, 1.54) is 26.4 Å². The Hall–Kier alpha value is -1.36. The van der Waals surface area contributed by atoms with E-state index in [1.807, 2.05) is 0 Å². The van der Waals surface area contributed by atoms with E-state index in [-0.39, 0.29) is 10.1 Å². The molecule has 0 spiro atoms. The standard InChI is InChI=1S/C21H18Cl4O9/c1-7(26)33-17-5-6-18(34-8(2)27,10-9(17)15(28)32-16(10)29)12-11(17)19(24)13(22)14(23)20(12,25)21(19,30-3)31-4/h5-6,9-12H,1-4H3/t9-,10+,11-,12+,17-,18+,19+,20-. The van der Waals surface area contributed by atoms with Crippen molar-refractivity contribution in [1.29, 1.82) is 0 Å². The molecule has 0 amide bonds. The minimum atomic E-state index is -1.99. The van der Waals surface area contributed by atoms with Gasteiger partial charge in [-0.15, -0.1) is 23.2 Å². The van der Waals surface area contributed by atoms with Gasteiger partial charge in [-0.1, -0.05) is 23.2 Å². The van der Waals surface area contributed by atoms with Crippen LogP contribution in [0.25, 0.3) is 0 Å². The van der Waals surface area contributed by atoms with E-state index in [2.05, 4.69) is 0 Å². The van der Waals surface area contributed by atoms with Crippen LogP contribution in [0.1, 0.15) is 13.8 Å². The van der Waals surface area contributed by atoms with E-state index in [0.717, 1.165) is 13.8 Å². The minimum absolute atomic E-state index is 0.157. The molecule has 8 atom stereocenters. The van der Waals surface area contributed by atoms with Crippen molar-refractivity contribution in [2.75, 3.05) is 14.2 Å². The van der Waals surface area contributed by atoms with Crippen molar-refractivity contribution in [3.8, 4) is 0 Å². The summed E-state index contributed by atoms with van der Waals surface area (Å²) in [5, 5.41) is -0.314. The van der Waals surface area contributed by atoms with Crippen molar-refractivity contribution in [3.05, 3.63) is 22.2 Å². The summed E-state index contributed by atoms with van der Waals surface area (Å²) in [7, 11) is 2.53. The van der Waals surface area contributed by atoms with Crippen molar-refractivity contribution in [1.82, 2.24) is 0 Å². The van der Waals surface area contributed by atoms with Gasteiger partial charge in [0, 0.05) is 39.9 Å². The van der Waals surface area contributed by atoms with E-state index in [0.29, 0.717) is 0 Å². The first-order chi connectivity index (χ1) is 15.8. The Morgan fingerprint density at radius 2 is 1.18 bits per heavy atom. The molecule has 0 aromatic rings. The van der Waals surface area contributed by atoms with E-state index in [4.69, 9.17) is 70.1 Å². The third-order valence-corrected chi connectivity index (χ3v) is 10.4. The molecular weight excluding hydrogens is 538 g/mol. The third kappa shape index (κ3) is 2.16. The topological polar surface area (TPSA) is 114 Å². The Morgan fingerprint density at radius 3 is 1.47 bits per heavy atom. The monoisotopic (exact) mass is 554 g/mol. The van der Waals surface area contributed by atoms with Crippen molar-refractivity contribution in [3.63, 3.8) is 0 Å². The molecule has 5 aliphatic carbocycles. The lowest BCUT2D eigenvalue weighted by Gasteiger charge is -2.62. The summed E-state index contributed by atoms with van der Waals surface area (Å²) >= 11 is 27.8. The Labute approximate surface area is 213 Å². The third-order valence-electron chi connectivity index (χ3n) is 7.79. The van der Waals surface area contributed by atoms with Crippen molar-refractivity contribution < 1.29 is 42.9 Å². The largest absolute Gasteiger partial charge is 0.454 e. The van der Waals surface area contributed by atoms with Gasteiger partial charge in [-0.25, -0.2) is 0 Å². The van der Waals surface area contributed by atoms with Crippen LogP contribution in [-0.2, 0) is 42.9 Å². The number of halogens is 4. The summed E-state index contributed by atoms with van der Waals surface area (Å²) in [6, 6.07) is 0. The lowest BCUT2D eigenvalue weighted by atomic mass is 9.46. The zero-order valence-corrected chi connectivity index (χ0v) is 21.2. The summed E-state index contributed by atoms with van der Waals surface area (Å²) in [5.41, 5.74) is -3.77. The number of alkyl halides is 2. The SMILES string of the molecule is COC1(OC)[C@@]2(Cl)C(Cl)=C(Cl)[C@]1(Cl)[C@H]1[C@@H]2[C@@]2(OC(C)=O)C=C[C@]1(OC(C)=O)[C@@H]1C(=O)OC(=O)[C@@H]12. The van der Waals surface area contributed by atoms with Crippen LogP contribution >= 0.6 is 46.4 Å². The molecule has 0 radical (unpaired) electrons. The van der Waals surface area contributed by atoms with Crippen LogP contribution in [0.5, 0.6) is 0 Å². The Kier molecular flexibility index (Phi) is 4.94. The number of rotatable bonds is 4. The first-order valence-electron chi connectivity index (χ1n) is 10.2. The van der Waals surface area contributed by atoms with Gasteiger partial charge < -0.3 is 23.7 Å². The normalized spacial score (nSPS) is 46.9. The lowest BCUT2D eigenvalue weighted by molar-refractivity contribution is -0.225. The van der Waals surface area contributed by atoms with Gasteiger partial charge in [0.15, 0.2) is 11.2 Å². The Bertz CT molecular complexity index is 1050. The molecule has 184 valence electrons. The van der Waals surface area contributed by atoms with Gasteiger partial charge in [0.05, 0.1) is 10.1 Å². The average Bonchev–Trinajstić information content (AvgIpc) is 3.21. The zero-order chi connectivity index (χ0) is 25.2. The minimum Gasteiger partial charge on any atom is -0.454 e. The van der Waals surface area contributed by atoms with Gasteiger partial charge >= 0.3 is 23.9 Å². The average molecular weight is 556 g/mol. The Morgan fingerprint density at radius 1 is 0.824 bits per heavy atom. The van der Waals surface area contributed by atoms with Gasteiger partial charge in [0.25, 0.3) is 0 Å². The van der Waals surface area contributed by atoms with Crippen LogP contribution in [0.3, 0.4) is 0 Å². The smallest absolute Gasteiger partial charge is 0.322 e. The lowest BCUT2D eigenvalue weighted by Crippen LogP contribution is -2.74. The number of carbonyl (C=O) groups is 4. The quantitative estimate of drug-likeness (QED) is 0.129. The number of esters is 4. The maximum Gasteiger partial charge on any atom is 0.322 e. The molecule has 0 unspecified atom stereocenters. The highest BCUT2D eigenvalue weighted by molar-refractivity contribution is 6.52. The molecule has 34 heavy (non-hydrogen) atoms. The van der Waals surface area contributed by atoms with Gasteiger partial charge in [-0.05, 0) is 12.2 Å². The van der Waals surface area contributed by atoms with Crippen LogP contribution in [-0.4, -0.2) is 64.8 Å². The molecule has 2 saturated carbocycles. The maximum atomic E-state index is 13.0. The molecule has 4 bridgehead atoms. The maximum absolute atomic E-state index is 13.0. The van der Waals surface area contributed by atoms with Crippen molar-refractivity contribution >= 4 is 70.3 Å². The van der Waals surface area contributed by atoms with Gasteiger partial charge in [0.2, 0.25) is 5.79 Å². The molecule has 6 aliphatic rings. The van der Waals surface area contributed by atoms with Gasteiger partial charge in [0.1, 0.15) is 21.6 Å². The molecule has 6 rings (SSSR count). The fourth-order valence-corrected chi connectivity index (χ4v) is 9.42. The molecule has 3 fully saturated rings. The molecule has 1 saturated heterocycles. The first-order valence-corrected chi connectivity index (χ1v) is 11.7. The molecule has 1 heterocycles. The van der Waals surface area contributed by atoms with Crippen molar-refractivity contribution in [2.24, 2.45) is 23.7 Å². The second-order valence-corrected chi connectivity index (χ2v) is 10.9. The number of methoxy groups -OCH3 is 2. The van der Waals surface area contributed by atoms with Gasteiger partial charge in [-0.2, -0.15) is 0 Å². The second kappa shape index (κ2) is 6.89. The van der Waals surface area contributed by atoms with Crippen LogP contribution in [0.2, 0.25) is 0 Å². The molecule has 9 nitrogen and oxygen atoms in total. The van der Waals surface area contributed by atoms with Crippen molar-refractivity contribution in [2.45, 2.75) is 40.6 Å². The molecule has 1 aliphatic heterocycles. The van der Waals surface area contributed by atoms with E-state index in [1.54, 1.807) is 0 Å². The number of hydrogen-bond donors (Lipinski definition) is 0. The first kappa shape index (κ1) is 24.3. The summed E-state index contributed by atoms with van der Waals surface area (Å²) in [4.78, 5) is 46.9. The van der Waals surface area contributed by atoms with E-state index < -0.39 is 74.3 Å². The molecule has 0 aromatic carbocycles. The number of carbonyl (C=O) groups excluding carboxylic acids is 4. The summed E-state index contributed by atoms with van der Waals surface area (Å²) in [5.74, 6) is -10.8. The predicted octanol–water partition coefficient (Wildman–Crippen LogP) is 2.38. The summed E-state index contributed by atoms with van der Waals surface area (Å²) in [6.07, 6.45) is 2.75. The Balaban J connectivity index is 1.94. The molecule has 13 heteroatoms. The fraction of sp³-hybridized carbons (Fsp3) is 0.619. The number of hydrogen-bond acceptors (Lipinski definition) is 9.